The van der Waals surface area contributed by atoms with Gasteiger partial charge >= 0.3 is 0 Å². The van der Waals surface area contributed by atoms with Crippen molar-refractivity contribution >= 4 is 21.8 Å². The van der Waals surface area contributed by atoms with Crippen LogP contribution in [0.2, 0.25) is 0 Å². The smallest absolute Gasteiger partial charge is 0.251 e. The van der Waals surface area contributed by atoms with Crippen molar-refractivity contribution in [1.82, 2.24) is 5.32 Å². The van der Waals surface area contributed by atoms with E-state index < -0.39 is 0 Å². The first-order valence-corrected chi connectivity index (χ1v) is 9.08. The highest BCUT2D eigenvalue weighted by atomic mass is 79.9. The zero-order valence-electron chi connectivity index (χ0n) is 14.6. The Labute approximate surface area is 160 Å². The fourth-order valence-electron chi connectivity index (χ4n) is 2.61. The van der Waals surface area contributed by atoms with Crippen LogP contribution in [0.1, 0.15) is 17.3 Å². The van der Waals surface area contributed by atoms with Crippen LogP contribution >= 0.6 is 15.9 Å². The van der Waals surface area contributed by atoms with E-state index in [-0.39, 0.29) is 12.0 Å². The van der Waals surface area contributed by atoms with E-state index in [4.69, 9.17) is 18.9 Å². The monoisotopic (exact) mass is 421 g/mol. The van der Waals surface area contributed by atoms with Gasteiger partial charge < -0.3 is 24.3 Å². The van der Waals surface area contributed by atoms with Crippen LogP contribution in [0.25, 0.3) is 0 Å². The Morgan fingerprint density at radius 1 is 1.31 bits per heavy atom. The normalized spacial score (nSPS) is 15.3. The second-order valence-corrected chi connectivity index (χ2v) is 6.48. The van der Waals surface area contributed by atoms with Crippen molar-refractivity contribution < 1.29 is 23.7 Å². The topological polar surface area (TPSA) is 66.0 Å². The minimum atomic E-state index is -0.248. The van der Waals surface area contributed by atoms with Crippen molar-refractivity contribution in [1.29, 1.82) is 0 Å². The number of benzene rings is 2. The summed E-state index contributed by atoms with van der Waals surface area (Å²) in [6.45, 7) is 3.10. The van der Waals surface area contributed by atoms with Crippen LogP contribution in [0.5, 0.6) is 23.0 Å². The molecule has 0 saturated heterocycles. The fraction of sp³-hybridized carbons (Fsp3) is 0.316. The lowest BCUT2D eigenvalue weighted by molar-refractivity contribution is 0.0789. The molecule has 1 atom stereocenters. The van der Waals surface area contributed by atoms with Crippen molar-refractivity contribution in [3.05, 3.63) is 46.4 Å². The minimum Gasteiger partial charge on any atom is -0.493 e. The number of carbonyl (C=O) groups excluding carboxylic acids is 1. The number of hydrogen-bond donors (Lipinski definition) is 1. The molecule has 1 heterocycles. The quantitative estimate of drug-likeness (QED) is 0.773. The van der Waals surface area contributed by atoms with Crippen molar-refractivity contribution in [3.63, 3.8) is 0 Å². The van der Waals surface area contributed by atoms with Crippen LogP contribution in [0.4, 0.5) is 0 Å². The Morgan fingerprint density at radius 3 is 2.81 bits per heavy atom. The van der Waals surface area contributed by atoms with Gasteiger partial charge in [-0.05, 0) is 47.1 Å². The molecule has 0 saturated carbocycles. The van der Waals surface area contributed by atoms with E-state index in [9.17, 15) is 4.79 Å². The van der Waals surface area contributed by atoms with Gasteiger partial charge in [-0.2, -0.15) is 0 Å². The van der Waals surface area contributed by atoms with Crippen molar-refractivity contribution in [2.24, 2.45) is 0 Å². The van der Waals surface area contributed by atoms with E-state index >= 15 is 0 Å². The lowest BCUT2D eigenvalue weighted by Crippen LogP contribution is -2.40. The van der Waals surface area contributed by atoms with Crippen LogP contribution in [0.3, 0.4) is 0 Å². The number of fused-ring (bicyclic) bond motifs is 1. The molecule has 0 fully saturated rings. The highest BCUT2D eigenvalue weighted by Gasteiger charge is 2.22. The van der Waals surface area contributed by atoms with E-state index in [0.29, 0.717) is 47.0 Å². The third-order valence-corrected chi connectivity index (χ3v) is 4.43. The highest BCUT2D eigenvalue weighted by Crippen LogP contribution is 2.36. The van der Waals surface area contributed by atoms with Gasteiger partial charge in [-0.25, -0.2) is 0 Å². The first kappa shape index (κ1) is 18.4. The number of para-hydroxylation sites is 2. The predicted molar refractivity (Wildman–Crippen MR) is 101 cm³/mol. The Bertz CT molecular complexity index is 795. The standard InChI is InChI=1S/C19H20BrNO5/c1-3-24-18-14(20)8-12(9-17(18)23-2)19(22)21-10-13-11-25-15-6-4-5-7-16(15)26-13/h4-9,13H,3,10-11H2,1-2H3,(H,21,22)/t13-/m0/s1. The largest absolute Gasteiger partial charge is 0.493 e. The van der Waals surface area contributed by atoms with Crippen molar-refractivity contribution in [2.45, 2.75) is 13.0 Å². The molecule has 0 bridgehead atoms. The summed E-state index contributed by atoms with van der Waals surface area (Å²) in [5.74, 6) is 2.25. The molecule has 7 heteroatoms. The van der Waals surface area contributed by atoms with Gasteiger partial charge in [-0.3, -0.25) is 4.79 Å². The zero-order valence-corrected chi connectivity index (χ0v) is 16.2. The number of rotatable bonds is 6. The summed E-state index contributed by atoms with van der Waals surface area (Å²) in [5, 5.41) is 2.87. The molecule has 0 aromatic heterocycles. The number of amides is 1. The molecule has 138 valence electrons. The number of carbonyl (C=O) groups is 1. The van der Waals surface area contributed by atoms with Gasteiger partial charge in [-0.15, -0.1) is 0 Å². The molecule has 0 radical (unpaired) electrons. The number of ether oxygens (including phenoxy) is 4. The van der Waals surface area contributed by atoms with Crippen molar-refractivity contribution in [3.8, 4) is 23.0 Å². The molecular formula is C19H20BrNO5. The summed E-state index contributed by atoms with van der Waals surface area (Å²) >= 11 is 3.42. The van der Waals surface area contributed by atoms with Crippen LogP contribution < -0.4 is 24.3 Å². The van der Waals surface area contributed by atoms with Crippen LogP contribution in [0, 0.1) is 0 Å². The highest BCUT2D eigenvalue weighted by molar-refractivity contribution is 9.10. The first-order valence-electron chi connectivity index (χ1n) is 8.29. The molecule has 2 aromatic rings. The molecule has 3 rings (SSSR count). The summed E-state index contributed by atoms with van der Waals surface area (Å²) in [7, 11) is 1.54. The maximum absolute atomic E-state index is 12.5. The predicted octanol–water partition coefficient (Wildman–Crippen LogP) is 3.43. The minimum absolute atomic E-state index is 0.227. The van der Waals surface area contributed by atoms with Crippen molar-refractivity contribution in [2.75, 3.05) is 26.9 Å². The summed E-state index contributed by atoms with van der Waals surface area (Å²) < 4.78 is 23.0. The molecule has 0 aliphatic carbocycles. The van der Waals surface area contributed by atoms with Gasteiger partial charge in [0.2, 0.25) is 0 Å². The van der Waals surface area contributed by atoms with E-state index in [1.807, 2.05) is 31.2 Å². The number of halogens is 1. The van der Waals surface area contributed by atoms with E-state index in [1.54, 1.807) is 12.1 Å². The van der Waals surface area contributed by atoms with E-state index in [2.05, 4.69) is 21.2 Å². The van der Waals surface area contributed by atoms with E-state index in [0.717, 1.165) is 5.75 Å². The molecule has 26 heavy (non-hydrogen) atoms. The Kier molecular flexibility index (Phi) is 5.88. The molecule has 6 nitrogen and oxygen atoms in total. The van der Waals surface area contributed by atoms with Crippen LogP contribution in [-0.2, 0) is 0 Å². The fourth-order valence-corrected chi connectivity index (χ4v) is 3.16. The summed E-state index contributed by atoms with van der Waals surface area (Å²) in [6.07, 6.45) is -0.248. The first-order chi connectivity index (χ1) is 12.6. The summed E-state index contributed by atoms with van der Waals surface area (Å²) in [5.41, 5.74) is 0.467. The number of methoxy groups -OCH3 is 1. The molecule has 0 spiro atoms. The molecule has 1 amide bonds. The van der Waals surface area contributed by atoms with Crippen LogP contribution in [-0.4, -0.2) is 38.9 Å². The number of hydrogen-bond acceptors (Lipinski definition) is 5. The lowest BCUT2D eigenvalue weighted by Gasteiger charge is -2.26. The van der Waals surface area contributed by atoms with Gasteiger partial charge in [0.15, 0.2) is 23.0 Å². The Hall–Kier alpha value is -2.41. The molecule has 2 aromatic carbocycles. The summed E-state index contributed by atoms with van der Waals surface area (Å²) in [6, 6.07) is 10.8. The van der Waals surface area contributed by atoms with Gasteiger partial charge in [0.25, 0.3) is 5.91 Å². The second kappa shape index (κ2) is 8.31. The zero-order chi connectivity index (χ0) is 18.5. The molecule has 1 aliphatic heterocycles. The van der Waals surface area contributed by atoms with Gasteiger partial charge in [0.05, 0.1) is 24.7 Å². The molecular weight excluding hydrogens is 402 g/mol. The third-order valence-electron chi connectivity index (χ3n) is 3.84. The molecule has 0 unspecified atom stereocenters. The maximum Gasteiger partial charge on any atom is 0.251 e. The third kappa shape index (κ3) is 4.04. The van der Waals surface area contributed by atoms with Gasteiger partial charge in [0.1, 0.15) is 12.7 Å². The molecule has 1 aliphatic rings. The average molecular weight is 422 g/mol. The maximum atomic E-state index is 12.5. The second-order valence-electron chi connectivity index (χ2n) is 5.63. The SMILES string of the molecule is CCOc1c(Br)cc(C(=O)NC[C@H]2COc3ccccc3O2)cc1OC. The molecule has 1 N–H and O–H groups in total. The number of nitrogens with one attached hydrogen (secondary N) is 1. The average Bonchev–Trinajstić information content (AvgIpc) is 2.67. The lowest BCUT2D eigenvalue weighted by atomic mass is 10.2. The summed E-state index contributed by atoms with van der Waals surface area (Å²) in [4.78, 5) is 12.5. The van der Waals surface area contributed by atoms with Crippen LogP contribution in [0.15, 0.2) is 40.9 Å². The Balaban J connectivity index is 1.65. The van der Waals surface area contributed by atoms with Gasteiger partial charge in [0, 0.05) is 5.56 Å². The van der Waals surface area contributed by atoms with Gasteiger partial charge in [-0.1, -0.05) is 12.1 Å². The Morgan fingerprint density at radius 2 is 2.08 bits per heavy atom. The van der Waals surface area contributed by atoms with E-state index in [1.165, 1.54) is 7.11 Å².